The molecule has 0 spiro atoms. The third kappa shape index (κ3) is 3.50. The number of primary amides is 1. The lowest BCUT2D eigenvalue weighted by Gasteiger charge is -2.38. The van der Waals surface area contributed by atoms with Gasteiger partial charge < -0.3 is 29.1 Å². The summed E-state index contributed by atoms with van der Waals surface area (Å²) in [6.45, 7) is 3.56. The summed E-state index contributed by atoms with van der Waals surface area (Å²) in [4.78, 5) is 22.8. The number of ether oxygens (including phenoxy) is 4. The molecule has 1 aliphatic heterocycles. The van der Waals surface area contributed by atoms with Crippen molar-refractivity contribution < 1.29 is 28.2 Å². The Kier molecular flexibility index (Phi) is 4.60. The Balaban J connectivity index is 1.99. The highest BCUT2D eigenvalue weighted by atomic mass is 16.7. The van der Waals surface area contributed by atoms with Crippen LogP contribution in [0.1, 0.15) is 13.8 Å². The Labute approximate surface area is 149 Å². The lowest BCUT2D eigenvalue weighted by Crippen LogP contribution is -2.48. The van der Waals surface area contributed by atoms with Gasteiger partial charge in [0.1, 0.15) is 11.4 Å². The van der Waals surface area contributed by atoms with Gasteiger partial charge in [0.25, 0.3) is 0 Å². The number of methoxy groups -OCH3 is 1. The van der Waals surface area contributed by atoms with Crippen LogP contribution in [0.15, 0.2) is 51.4 Å². The SMILES string of the molecule is COC1=CC(OC(N)=O)C(Oc2cccc3ccc(=O)oc23)OC1(C)C. The highest BCUT2D eigenvalue weighted by Gasteiger charge is 2.41. The Bertz CT molecular complexity index is 915. The topological polar surface area (TPSA) is 110 Å². The third-order valence-electron chi connectivity index (χ3n) is 3.91. The minimum atomic E-state index is -1.02. The van der Waals surface area contributed by atoms with Gasteiger partial charge in [-0.25, -0.2) is 9.59 Å². The van der Waals surface area contributed by atoms with E-state index in [1.165, 1.54) is 13.2 Å². The monoisotopic (exact) mass is 361 g/mol. The zero-order valence-electron chi connectivity index (χ0n) is 14.6. The van der Waals surface area contributed by atoms with E-state index < -0.39 is 29.7 Å². The molecule has 8 heteroatoms. The van der Waals surface area contributed by atoms with Gasteiger partial charge in [-0.3, -0.25) is 0 Å². The molecular weight excluding hydrogens is 342 g/mol. The molecule has 0 saturated carbocycles. The van der Waals surface area contributed by atoms with Crippen LogP contribution < -0.4 is 16.1 Å². The van der Waals surface area contributed by atoms with Crippen LogP contribution >= 0.6 is 0 Å². The maximum atomic E-state index is 11.6. The van der Waals surface area contributed by atoms with Gasteiger partial charge >= 0.3 is 11.7 Å². The zero-order chi connectivity index (χ0) is 18.9. The van der Waals surface area contributed by atoms with Crippen LogP contribution in [0.2, 0.25) is 0 Å². The summed E-state index contributed by atoms with van der Waals surface area (Å²) in [5, 5.41) is 0.678. The lowest BCUT2D eigenvalue weighted by atomic mass is 10.0. The molecule has 138 valence electrons. The van der Waals surface area contributed by atoms with Gasteiger partial charge in [-0.2, -0.15) is 0 Å². The molecule has 2 aromatic rings. The maximum Gasteiger partial charge on any atom is 0.405 e. The number of carbonyl (C=O) groups is 1. The molecule has 0 fully saturated rings. The van der Waals surface area contributed by atoms with Gasteiger partial charge in [-0.1, -0.05) is 12.1 Å². The van der Waals surface area contributed by atoms with E-state index in [2.05, 4.69) is 0 Å². The van der Waals surface area contributed by atoms with E-state index in [-0.39, 0.29) is 11.3 Å². The summed E-state index contributed by atoms with van der Waals surface area (Å²) >= 11 is 0. The fourth-order valence-electron chi connectivity index (χ4n) is 2.76. The van der Waals surface area contributed by atoms with Crippen LogP contribution in [0.3, 0.4) is 0 Å². The molecular formula is C18H19NO7. The molecule has 26 heavy (non-hydrogen) atoms. The molecule has 0 bridgehead atoms. The van der Waals surface area contributed by atoms with Crippen molar-refractivity contribution in [2.75, 3.05) is 7.11 Å². The second kappa shape index (κ2) is 6.72. The second-order valence-corrected chi connectivity index (χ2v) is 6.18. The Hall–Kier alpha value is -3.00. The van der Waals surface area contributed by atoms with Gasteiger partial charge in [-0.15, -0.1) is 0 Å². The van der Waals surface area contributed by atoms with E-state index in [0.717, 1.165) is 0 Å². The fourth-order valence-corrected chi connectivity index (χ4v) is 2.76. The van der Waals surface area contributed by atoms with E-state index in [4.69, 9.17) is 29.1 Å². The molecule has 1 aromatic heterocycles. The molecule has 0 aliphatic carbocycles. The van der Waals surface area contributed by atoms with E-state index in [1.807, 2.05) is 0 Å². The first kappa shape index (κ1) is 17.8. The quantitative estimate of drug-likeness (QED) is 0.832. The van der Waals surface area contributed by atoms with E-state index >= 15 is 0 Å². The summed E-state index contributed by atoms with van der Waals surface area (Å²) in [7, 11) is 1.48. The second-order valence-electron chi connectivity index (χ2n) is 6.18. The van der Waals surface area contributed by atoms with E-state index in [9.17, 15) is 9.59 Å². The molecule has 0 saturated heterocycles. The van der Waals surface area contributed by atoms with Crippen molar-refractivity contribution in [1.82, 2.24) is 0 Å². The summed E-state index contributed by atoms with van der Waals surface area (Å²) in [5.74, 6) is 0.737. The molecule has 2 unspecified atom stereocenters. The largest absolute Gasteiger partial charge is 0.498 e. The summed E-state index contributed by atoms with van der Waals surface area (Å²) < 4.78 is 27.4. The smallest absolute Gasteiger partial charge is 0.405 e. The van der Waals surface area contributed by atoms with E-state index in [0.29, 0.717) is 11.1 Å². The molecule has 1 amide bonds. The summed E-state index contributed by atoms with van der Waals surface area (Å²) in [6, 6.07) is 8.08. The first-order valence-electron chi connectivity index (χ1n) is 7.90. The normalized spacial score (nSPS) is 21.7. The van der Waals surface area contributed by atoms with Crippen LogP contribution in [0.25, 0.3) is 11.0 Å². The number of carbonyl (C=O) groups excluding carboxylic acids is 1. The van der Waals surface area contributed by atoms with Crippen LogP contribution in [-0.2, 0) is 14.2 Å². The van der Waals surface area contributed by atoms with Crippen molar-refractivity contribution in [2.24, 2.45) is 5.73 Å². The molecule has 3 rings (SSSR count). The minimum Gasteiger partial charge on any atom is -0.498 e. The molecule has 2 atom stereocenters. The summed E-state index contributed by atoms with van der Waals surface area (Å²) in [6.07, 6.45) is -1.38. The number of amides is 1. The number of benzene rings is 1. The van der Waals surface area contributed by atoms with Crippen molar-refractivity contribution in [3.05, 3.63) is 52.6 Å². The first-order valence-corrected chi connectivity index (χ1v) is 7.90. The molecule has 2 N–H and O–H groups in total. The Morgan fingerprint density at radius 3 is 2.69 bits per heavy atom. The van der Waals surface area contributed by atoms with Crippen molar-refractivity contribution >= 4 is 17.1 Å². The highest BCUT2D eigenvalue weighted by Crippen LogP contribution is 2.34. The molecule has 8 nitrogen and oxygen atoms in total. The van der Waals surface area contributed by atoms with Gasteiger partial charge in [0.05, 0.1) is 7.11 Å². The molecule has 1 aliphatic rings. The Morgan fingerprint density at radius 2 is 2.00 bits per heavy atom. The highest BCUT2D eigenvalue weighted by molar-refractivity contribution is 5.82. The number of hydrogen-bond acceptors (Lipinski definition) is 7. The van der Waals surface area contributed by atoms with Crippen molar-refractivity contribution in [2.45, 2.75) is 31.8 Å². The number of hydrogen-bond donors (Lipinski definition) is 1. The van der Waals surface area contributed by atoms with Gasteiger partial charge in [-0.05, 0) is 26.0 Å². The Morgan fingerprint density at radius 1 is 1.23 bits per heavy atom. The number of fused-ring (bicyclic) bond motifs is 1. The maximum absolute atomic E-state index is 11.6. The van der Waals surface area contributed by atoms with Crippen LogP contribution in [0.5, 0.6) is 5.75 Å². The van der Waals surface area contributed by atoms with Crippen LogP contribution in [-0.4, -0.2) is 31.2 Å². The van der Waals surface area contributed by atoms with Gasteiger partial charge in [0, 0.05) is 17.5 Å². The van der Waals surface area contributed by atoms with Crippen LogP contribution in [0, 0.1) is 0 Å². The van der Waals surface area contributed by atoms with Crippen molar-refractivity contribution in [1.29, 1.82) is 0 Å². The fraction of sp³-hybridized carbons (Fsp3) is 0.333. The average molecular weight is 361 g/mol. The number of rotatable bonds is 4. The average Bonchev–Trinajstić information content (AvgIpc) is 2.57. The molecule has 1 aromatic carbocycles. The van der Waals surface area contributed by atoms with Gasteiger partial charge in [0.15, 0.2) is 17.4 Å². The first-order chi connectivity index (χ1) is 12.3. The lowest BCUT2D eigenvalue weighted by molar-refractivity contribution is -0.201. The standard InChI is InChI=1S/C18H19NO7/c1-18(2)13(22-3)9-12(24-17(19)21)16(26-18)23-11-6-4-5-10-7-8-14(20)25-15(10)11/h4-9,12,16H,1-3H3,(H2,19,21). The third-order valence-corrected chi connectivity index (χ3v) is 3.91. The predicted octanol–water partition coefficient (Wildman–Crippen LogP) is 2.30. The molecule has 0 radical (unpaired) electrons. The van der Waals surface area contributed by atoms with Gasteiger partial charge in [0.2, 0.25) is 6.29 Å². The van der Waals surface area contributed by atoms with Crippen molar-refractivity contribution in [3.8, 4) is 5.75 Å². The number of nitrogens with two attached hydrogens (primary N) is 1. The van der Waals surface area contributed by atoms with Crippen molar-refractivity contribution in [3.63, 3.8) is 0 Å². The van der Waals surface area contributed by atoms with Crippen LogP contribution in [0.4, 0.5) is 4.79 Å². The zero-order valence-corrected chi connectivity index (χ0v) is 14.6. The summed E-state index contributed by atoms with van der Waals surface area (Å²) in [5.41, 5.74) is 4.07. The molecule has 2 heterocycles. The minimum absolute atomic E-state index is 0.265. The number of para-hydroxylation sites is 1. The van der Waals surface area contributed by atoms with E-state index in [1.54, 1.807) is 44.2 Å². The predicted molar refractivity (Wildman–Crippen MR) is 91.6 cm³/mol.